The smallest absolute Gasteiger partial charge is 0.236 e. The maximum atomic E-state index is 11.2. The van der Waals surface area contributed by atoms with Crippen molar-refractivity contribution in [1.29, 1.82) is 0 Å². The molecular formula is C10H20N2O2. The minimum absolute atomic E-state index is 0.122. The van der Waals surface area contributed by atoms with Crippen LogP contribution >= 0.6 is 0 Å². The van der Waals surface area contributed by atoms with Crippen molar-refractivity contribution in [2.45, 2.75) is 19.4 Å². The van der Waals surface area contributed by atoms with Gasteiger partial charge in [0.25, 0.3) is 0 Å². The van der Waals surface area contributed by atoms with Gasteiger partial charge in [-0.25, -0.2) is 0 Å². The van der Waals surface area contributed by atoms with Gasteiger partial charge in [-0.1, -0.05) is 0 Å². The number of hydrogen-bond acceptors (Lipinski definition) is 3. The monoisotopic (exact) mass is 200 g/mol. The normalized spacial score (nSPS) is 26.5. The molecule has 1 saturated heterocycles. The van der Waals surface area contributed by atoms with Crippen LogP contribution in [0.15, 0.2) is 0 Å². The molecule has 0 saturated carbocycles. The number of carbonyl (C=O) groups excluding carboxylic acids is 1. The SMILES string of the molecule is CC1OCCC1CNCC(=O)N(C)C. The average molecular weight is 200 g/mol. The first-order valence-corrected chi connectivity index (χ1v) is 5.13. The molecule has 2 unspecified atom stereocenters. The van der Waals surface area contributed by atoms with Crippen LogP contribution in [0.5, 0.6) is 0 Å². The second kappa shape index (κ2) is 5.32. The van der Waals surface area contributed by atoms with Gasteiger partial charge >= 0.3 is 0 Å². The molecule has 0 aromatic carbocycles. The first-order valence-electron chi connectivity index (χ1n) is 5.13. The minimum Gasteiger partial charge on any atom is -0.378 e. The van der Waals surface area contributed by atoms with Gasteiger partial charge in [0.15, 0.2) is 0 Å². The summed E-state index contributed by atoms with van der Waals surface area (Å²) in [6, 6.07) is 0. The predicted octanol–water partition coefficient (Wildman–Crippen LogP) is 0.0892. The Labute approximate surface area is 85.6 Å². The summed E-state index contributed by atoms with van der Waals surface area (Å²) in [4.78, 5) is 12.8. The molecule has 1 N–H and O–H groups in total. The van der Waals surface area contributed by atoms with Crippen molar-refractivity contribution in [1.82, 2.24) is 10.2 Å². The van der Waals surface area contributed by atoms with Crippen LogP contribution in [0.4, 0.5) is 0 Å². The van der Waals surface area contributed by atoms with Crippen molar-refractivity contribution in [3.63, 3.8) is 0 Å². The van der Waals surface area contributed by atoms with Crippen molar-refractivity contribution in [2.24, 2.45) is 5.92 Å². The number of hydrogen-bond donors (Lipinski definition) is 1. The van der Waals surface area contributed by atoms with E-state index in [1.54, 1.807) is 19.0 Å². The summed E-state index contributed by atoms with van der Waals surface area (Å²) in [5.74, 6) is 0.682. The third-order valence-electron chi connectivity index (χ3n) is 2.71. The number of ether oxygens (including phenoxy) is 1. The van der Waals surface area contributed by atoms with Crippen LogP contribution < -0.4 is 5.32 Å². The van der Waals surface area contributed by atoms with Crippen LogP contribution in [0.2, 0.25) is 0 Å². The fraction of sp³-hybridized carbons (Fsp3) is 0.900. The third-order valence-corrected chi connectivity index (χ3v) is 2.71. The Hall–Kier alpha value is -0.610. The Morgan fingerprint density at radius 1 is 1.57 bits per heavy atom. The maximum absolute atomic E-state index is 11.2. The lowest BCUT2D eigenvalue weighted by molar-refractivity contribution is -0.127. The topological polar surface area (TPSA) is 41.6 Å². The molecule has 0 spiro atoms. The standard InChI is InChI=1S/C10H20N2O2/c1-8-9(4-5-14-8)6-11-7-10(13)12(2)3/h8-9,11H,4-7H2,1-3H3. The Morgan fingerprint density at radius 3 is 2.79 bits per heavy atom. The molecule has 4 nitrogen and oxygen atoms in total. The van der Waals surface area contributed by atoms with E-state index in [4.69, 9.17) is 4.74 Å². The maximum Gasteiger partial charge on any atom is 0.236 e. The summed E-state index contributed by atoms with van der Waals surface area (Å²) < 4.78 is 5.44. The van der Waals surface area contributed by atoms with Crippen LogP contribution in [0.3, 0.4) is 0 Å². The summed E-state index contributed by atoms with van der Waals surface area (Å²) in [6.07, 6.45) is 1.43. The van der Waals surface area contributed by atoms with Crippen molar-refractivity contribution in [3.8, 4) is 0 Å². The van der Waals surface area contributed by atoms with Gasteiger partial charge in [0, 0.05) is 27.2 Å². The zero-order valence-corrected chi connectivity index (χ0v) is 9.25. The molecule has 0 aliphatic carbocycles. The Morgan fingerprint density at radius 2 is 2.29 bits per heavy atom. The highest BCUT2D eigenvalue weighted by molar-refractivity contribution is 5.77. The molecule has 4 heteroatoms. The highest BCUT2D eigenvalue weighted by Crippen LogP contribution is 2.18. The van der Waals surface area contributed by atoms with E-state index < -0.39 is 0 Å². The zero-order chi connectivity index (χ0) is 10.6. The number of nitrogens with one attached hydrogen (secondary N) is 1. The fourth-order valence-electron chi connectivity index (χ4n) is 1.57. The summed E-state index contributed by atoms with van der Waals surface area (Å²) in [5.41, 5.74) is 0. The molecule has 82 valence electrons. The summed E-state index contributed by atoms with van der Waals surface area (Å²) in [6.45, 7) is 4.25. The van der Waals surface area contributed by atoms with Crippen LogP contribution in [0.1, 0.15) is 13.3 Å². The molecule has 0 aromatic rings. The molecule has 2 atom stereocenters. The van der Waals surface area contributed by atoms with E-state index >= 15 is 0 Å². The summed E-state index contributed by atoms with van der Waals surface area (Å²) >= 11 is 0. The van der Waals surface area contributed by atoms with Gasteiger partial charge in [0.05, 0.1) is 12.6 Å². The van der Waals surface area contributed by atoms with Crippen LogP contribution in [-0.4, -0.2) is 50.7 Å². The molecule has 0 radical (unpaired) electrons. The van der Waals surface area contributed by atoms with Gasteiger partial charge in [-0.3, -0.25) is 4.79 Å². The largest absolute Gasteiger partial charge is 0.378 e. The van der Waals surface area contributed by atoms with Crippen LogP contribution in [-0.2, 0) is 9.53 Å². The molecular weight excluding hydrogens is 180 g/mol. The first kappa shape index (κ1) is 11.5. The van der Waals surface area contributed by atoms with E-state index in [0.29, 0.717) is 18.6 Å². The molecule has 1 rings (SSSR count). The minimum atomic E-state index is 0.122. The van der Waals surface area contributed by atoms with Gasteiger partial charge in [-0.2, -0.15) is 0 Å². The Balaban J connectivity index is 2.12. The van der Waals surface area contributed by atoms with E-state index in [2.05, 4.69) is 12.2 Å². The molecule has 0 aromatic heterocycles. The van der Waals surface area contributed by atoms with E-state index in [-0.39, 0.29) is 5.91 Å². The second-order valence-corrected chi connectivity index (χ2v) is 4.04. The lowest BCUT2D eigenvalue weighted by Crippen LogP contribution is -2.36. The molecule has 1 aliphatic rings. The highest BCUT2D eigenvalue weighted by atomic mass is 16.5. The molecule has 1 amide bonds. The number of carbonyl (C=O) groups is 1. The molecule has 1 heterocycles. The number of nitrogens with zero attached hydrogens (tertiary/aromatic N) is 1. The third kappa shape index (κ3) is 3.27. The van der Waals surface area contributed by atoms with Crippen LogP contribution in [0, 0.1) is 5.92 Å². The molecule has 1 fully saturated rings. The van der Waals surface area contributed by atoms with Gasteiger partial charge in [0.2, 0.25) is 5.91 Å². The predicted molar refractivity (Wildman–Crippen MR) is 55.1 cm³/mol. The molecule has 0 bridgehead atoms. The van der Waals surface area contributed by atoms with E-state index in [1.807, 2.05) is 0 Å². The lowest BCUT2D eigenvalue weighted by atomic mass is 10.0. The van der Waals surface area contributed by atoms with Gasteiger partial charge < -0.3 is 15.0 Å². The van der Waals surface area contributed by atoms with Gasteiger partial charge in [-0.05, 0) is 19.3 Å². The average Bonchev–Trinajstić information content (AvgIpc) is 2.51. The van der Waals surface area contributed by atoms with Crippen molar-refractivity contribution in [3.05, 3.63) is 0 Å². The molecule has 14 heavy (non-hydrogen) atoms. The highest BCUT2D eigenvalue weighted by Gasteiger charge is 2.23. The van der Waals surface area contributed by atoms with E-state index in [0.717, 1.165) is 19.6 Å². The Kier molecular flexibility index (Phi) is 4.35. The van der Waals surface area contributed by atoms with Gasteiger partial charge in [0.1, 0.15) is 0 Å². The first-order chi connectivity index (χ1) is 6.61. The Bertz CT molecular complexity index is 195. The van der Waals surface area contributed by atoms with Crippen LogP contribution in [0.25, 0.3) is 0 Å². The van der Waals surface area contributed by atoms with E-state index in [1.165, 1.54) is 0 Å². The molecule has 1 aliphatic heterocycles. The zero-order valence-electron chi connectivity index (χ0n) is 9.25. The number of rotatable bonds is 4. The van der Waals surface area contributed by atoms with Gasteiger partial charge in [-0.15, -0.1) is 0 Å². The van der Waals surface area contributed by atoms with Crippen molar-refractivity contribution < 1.29 is 9.53 Å². The lowest BCUT2D eigenvalue weighted by Gasteiger charge is -2.16. The summed E-state index contributed by atoms with van der Waals surface area (Å²) in [5, 5.41) is 3.17. The van der Waals surface area contributed by atoms with E-state index in [9.17, 15) is 4.79 Å². The number of amides is 1. The fourth-order valence-corrected chi connectivity index (χ4v) is 1.57. The summed E-state index contributed by atoms with van der Waals surface area (Å²) in [7, 11) is 3.54. The number of likely N-dealkylation sites (N-methyl/N-ethyl adjacent to an activating group) is 1. The van der Waals surface area contributed by atoms with Crippen molar-refractivity contribution in [2.75, 3.05) is 33.8 Å². The second-order valence-electron chi connectivity index (χ2n) is 4.04. The quantitative estimate of drug-likeness (QED) is 0.699. The van der Waals surface area contributed by atoms with Crippen molar-refractivity contribution >= 4 is 5.91 Å².